The molecule has 7 aromatic carbocycles. The van der Waals surface area contributed by atoms with Crippen LogP contribution in [0.4, 0.5) is 4.39 Å². The fraction of sp³-hybridized carbons (Fsp3) is 0. The zero-order valence-electron chi connectivity index (χ0n) is 28.6. The van der Waals surface area contributed by atoms with Gasteiger partial charge in [0.2, 0.25) is 0 Å². The lowest BCUT2D eigenvalue weighted by molar-refractivity contribution is 0.628. The molecule has 0 amide bonds. The van der Waals surface area contributed by atoms with Crippen molar-refractivity contribution in [1.82, 2.24) is 19.5 Å². The molecule has 2 aromatic heterocycles. The minimum absolute atomic E-state index is 0.331. The lowest BCUT2D eigenvalue weighted by Crippen LogP contribution is -2.02. The van der Waals surface area contributed by atoms with Crippen molar-refractivity contribution >= 4 is 21.8 Å². The normalized spacial score (nSPS) is 11.0. The highest BCUT2D eigenvalue weighted by Crippen LogP contribution is 2.40. The third kappa shape index (κ3) is 5.73. The molecule has 0 aliphatic heterocycles. The average molecular weight is 695 g/mol. The van der Waals surface area contributed by atoms with E-state index >= 15 is 0 Å². The number of benzene rings is 7. The Hall–Kier alpha value is -7.74. The molecule has 0 unspecified atom stereocenters. The number of hydrogen-bond acceptors (Lipinski definition) is 5. The lowest BCUT2D eigenvalue weighted by atomic mass is 9.97. The molecule has 0 aliphatic carbocycles. The van der Waals surface area contributed by atoms with Gasteiger partial charge in [-0.1, -0.05) is 115 Å². The van der Waals surface area contributed by atoms with Gasteiger partial charge >= 0.3 is 0 Å². The maximum atomic E-state index is 14.8. The molecule has 252 valence electrons. The summed E-state index contributed by atoms with van der Waals surface area (Å²) in [6.45, 7) is 0. The summed E-state index contributed by atoms with van der Waals surface area (Å²) in [6, 6.07) is 56.2. The van der Waals surface area contributed by atoms with Gasteiger partial charge in [-0.3, -0.25) is 0 Å². The summed E-state index contributed by atoms with van der Waals surface area (Å²) in [5.41, 5.74) is 9.21. The Morgan fingerprint density at radius 3 is 1.72 bits per heavy atom. The third-order valence-electron chi connectivity index (χ3n) is 9.58. The second-order valence-corrected chi connectivity index (χ2v) is 12.8. The Morgan fingerprint density at radius 2 is 1.04 bits per heavy atom. The first-order valence-electron chi connectivity index (χ1n) is 17.3. The Bertz CT molecular complexity index is 2920. The number of para-hydroxylation sites is 1. The van der Waals surface area contributed by atoms with Gasteiger partial charge < -0.3 is 4.57 Å². The molecule has 0 radical (unpaired) electrons. The minimum Gasteiger partial charge on any atom is -0.309 e. The maximum Gasteiger partial charge on any atom is 0.164 e. The smallest absolute Gasteiger partial charge is 0.164 e. The first-order valence-corrected chi connectivity index (χ1v) is 17.3. The molecule has 0 saturated carbocycles. The Balaban J connectivity index is 1.30. The highest BCUT2D eigenvalue weighted by molar-refractivity contribution is 6.11. The van der Waals surface area contributed by atoms with Crippen LogP contribution < -0.4 is 0 Å². The Kier molecular flexibility index (Phi) is 8.00. The highest BCUT2D eigenvalue weighted by Gasteiger charge is 2.20. The quantitative estimate of drug-likeness (QED) is 0.173. The first kappa shape index (κ1) is 32.2. The molecule has 54 heavy (non-hydrogen) atoms. The van der Waals surface area contributed by atoms with Crippen LogP contribution in [0.2, 0.25) is 0 Å². The number of aromatic nitrogens is 4. The monoisotopic (exact) mass is 694 g/mol. The second kappa shape index (κ2) is 13.4. The summed E-state index contributed by atoms with van der Waals surface area (Å²) in [6.07, 6.45) is 0. The van der Waals surface area contributed by atoms with Crippen LogP contribution in [0, 0.1) is 28.5 Å². The molecule has 7 heteroatoms. The standard InChI is InChI=1S/C47H27FN6/c48-37-15-9-14-33(25-37)39-22-19-35(47-52-45(31-10-3-1-4-11-31)51-46(53-47)32-12-5-2-6-13-32)27-44(39)54-42-17-8-7-16-40(42)41-26-34(20-23-43(41)54)38-21-18-30(28-49)24-36(38)29-50/h1-27H. The van der Waals surface area contributed by atoms with E-state index < -0.39 is 0 Å². The molecule has 0 atom stereocenters. The summed E-state index contributed by atoms with van der Waals surface area (Å²) in [5.74, 6) is 1.28. The number of fused-ring (bicyclic) bond motifs is 3. The van der Waals surface area contributed by atoms with Gasteiger partial charge in [0.15, 0.2) is 17.5 Å². The topological polar surface area (TPSA) is 91.2 Å². The minimum atomic E-state index is -0.331. The van der Waals surface area contributed by atoms with Gasteiger partial charge in [0, 0.05) is 33.0 Å². The molecular weight excluding hydrogens is 668 g/mol. The van der Waals surface area contributed by atoms with Crippen LogP contribution in [-0.4, -0.2) is 19.5 Å². The molecule has 0 bridgehead atoms. The van der Waals surface area contributed by atoms with Gasteiger partial charge in [0.1, 0.15) is 5.82 Å². The predicted octanol–water partition coefficient (Wildman–Crippen LogP) is 11.2. The van der Waals surface area contributed by atoms with Crippen molar-refractivity contribution in [2.75, 3.05) is 0 Å². The molecular formula is C47H27FN6. The summed E-state index contributed by atoms with van der Waals surface area (Å²) in [4.78, 5) is 14.9. The second-order valence-electron chi connectivity index (χ2n) is 12.8. The molecule has 0 N–H and O–H groups in total. The van der Waals surface area contributed by atoms with Gasteiger partial charge in [-0.05, 0) is 65.2 Å². The van der Waals surface area contributed by atoms with Crippen molar-refractivity contribution in [3.05, 3.63) is 181 Å². The van der Waals surface area contributed by atoms with Crippen LogP contribution >= 0.6 is 0 Å². The lowest BCUT2D eigenvalue weighted by Gasteiger charge is -2.16. The molecule has 0 fully saturated rings. The molecule has 9 rings (SSSR count). The predicted molar refractivity (Wildman–Crippen MR) is 211 cm³/mol. The van der Waals surface area contributed by atoms with Crippen LogP contribution in [-0.2, 0) is 0 Å². The summed E-state index contributed by atoms with van der Waals surface area (Å²) in [7, 11) is 0. The van der Waals surface area contributed by atoms with Crippen molar-refractivity contribution in [3.8, 4) is 74.2 Å². The van der Waals surface area contributed by atoms with E-state index in [-0.39, 0.29) is 5.82 Å². The number of nitriles is 2. The fourth-order valence-electron chi connectivity index (χ4n) is 7.05. The maximum absolute atomic E-state index is 14.8. The molecule has 0 spiro atoms. The number of nitrogens with zero attached hydrogens (tertiary/aromatic N) is 6. The number of rotatable bonds is 6. The van der Waals surface area contributed by atoms with Gasteiger partial charge in [0.05, 0.1) is 40.0 Å². The molecule has 9 aromatic rings. The van der Waals surface area contributed by atoms with Crippen LogP contribution in [0.5, 0.6) is 0 Å². The molecule has 0 aliphatic rings. The van der Waals surface area contributed by atoms with E-state index in [1.54, 1.807) is 24.3 Å². The van der Waals surface area contributed by atoms with Gasteiger partial charge in [-0.2, -0.15) is 10.5 Å². The van der Waals surface area contributed by atoms with Crippen LogP contribution in [0.1, 0.15) is 11.1 Å². The van der Waals surface area contributed by atoms with Crippen LogP contribution in [0.3, 0.4) is 0 Å². The summed E-state index contributed by atoms with van der Waals surface area (Å²) >= 11 is 0. The van der Waals surface area contributed by atoms with E-state index in [1.165, 1.54) is 6.07 Å². The van der Waals surface area contributed by atoms with E-state index in [4.69, 9.17) is 15.0 Å². The van der Waals surface area contributed by atoms with Crippen molar-refractivity contribution in [2.45, 2.75) is 0 Å². The van der Waals surface area contributed by atoms with E-state index in [2.05, 4.69) is 47.0 Å². The number of hydrogen-bond donors (Lipinski definition) is 0. The molecule has 0 saturated heterocycles. The third-order valence-corrected chi connectivity index (χ3v) is 9.58. The van der Waals surface area contributed by atoms with Crippen molar-refractivity contribution < 1.29 is 4.39 Å². The van der Waals surface area contributed by atoms with E-state index in [0.29, 0.717) is 28.6 Å². The highest BCUT2D eigenvalue weighted by atomic mass is 19.1. The van der Waals surface area contributed by atoms with Crippen LogP contribution in [0.15, 0.2) is 164 Å². The average Bonchev–Trinajstić information content (AvgIpc) is 3.57. The van der Waals surface area contributed by atoms with Crippen molar-refractivity contribution in [2.24, 2.45) is 0 Å². The van der Waals surface area contributed by atoms with E-state index in [9.17, 15) is 14.9 Å². The fourth-order valence-corrected chi connectivity index (χ4v) is 7.05. The summed E-state index contributed by atoms with van der Waals surface area (Å²) in [5, 5.41) is 21.4. The molecule has 6 nitrogen and oxygen atoms in total. The van der Waals surface area contributed by atoms with E-state index in [0.717, 1.165) is 66.4 Å². The molecule has 2 heterocycles. The van der Waals surface area contributed by atoms with Crippen LogP contribution in [0.25, 0.3) is 83.9 Å². The first-order chi connectivity index (χ1) is 26.6. The number of halogens is 1. The Morgan fingerprint density at radius 1 is 0.444 bits per heavy atom. The Labute approximate surface area is 310 Å². The largest absolute Gasteiger partial charge is 0.309 e. The van der Waals surface area contributed by atoms with E-state index in [1.807, 2.05) is 103 Å². The zero-order chi connectivity index (χ0) is 36.6. The SMILES string of the molecule is N#Cc1ccc(-c2ccc3c(c2)c2ccccc2n3-c2cc(-c3nc(-c4ccccc4)nc(-c4ccccc4)n3)ccc2-c2cccc(F)c2)c(C#N)c1. The van der Waals surface area contributed by atoms with Gasteiger partial charge in [-0.15, -0.1) is 0 Å². The van der Waals surface area contributed by atoms with Crippen molar-refractivity contribution in [3.63, 3.8) is 0 Å². The summed E-state index contributed by atoms with van der Waals surface area (Å²) < 4.78 is 17.0. The van der Waals surface area contributed by atoms with Gasteiger partial charge in [0.25, 0.3) is 0 Å². The zero-order valence-corrected chi connectivity index (χ0v) is 28.6. The van der Waals surface area contributed by atoms with Gasteiger partial charge in [-0.25, -0.2) is 19.3 Å². The van der Waals surface area contributed by atoms with Crippen molar-refractivity contribution in [1.29, 1.82) is 10.5 Å².